The second-order valence-electron chi connectivity index (χ2n) is 8.85. The first-order valence-electron chi connectivity index (χ1n) is 11.3. The molecular weight excluding hydrogens is 462 g/mol. The number of nitrogens with one attached hydrogen (secondary N) is 1. The van der Waals surface area contributed by atoms with Gasteiger partial charge in [0.2, 0.25) is 5.91 Å². The summed E-state index contributed by atoms with van der Waals surface area (Å²) in [5, 5.41) is 4.82. The predicted octanol–water partition coefficient (Wildman–Crippen LogP) is 4.80. The molecule has 1 saturated heterocycles. The Hall–Kier alpha value is -3.91. The van der Waals surface area contributed by atoms with Gasteiger partial charge in [-0.1, -0.05) is 36.4 Å². The Balaban J connectivity index is 1.37. The van der Waals surface area contributed by atoms with Crippen molar-refractivity contribution in [2.75, 3.05) is 6.54 Å². The summed E-state index contributed by atoms with van der Waals surface area (Å²) in [6.45, 7) is 3.95. The number of carbonyl (C=O) groups is 3. The van der Waals surface area contributed by atoms with E-state index in [2.05, 4.69) is 5.32 Å². The van der Waals surface area contributed by atoms with Crippen LogP contribution in [0.5, 0.6) is 0 Å². The van der Waals surface area contributed by atoms with E-state index in [9.17, 15) is 14.4 Å². The highest BCUT2D eigenvalue weighted by Crippen LogP contribution is 2.31. The minimum atomic E-state index is -1.25. The minimum Gasteiger partial charge on any atom is -0.467 e. The number of fused-ring (bicyclic) bond motifs is 1. The van der Waals surface area contributed by atoms with Crippen LogP contribution in [0.15, 0.2) is 77.4 Å². The van der Waals surface area contributed by atoms with Crippen LogP contribution in [0.25, 0.3) is 10.8 Å². The zero-order valence-electron chi connectivity index (χ0n) is 19.5. The molecular formula is C27H25N3O4S. The summed E-state index contributed by atoms with van der Waals surface area (Å²) in [5.74, 6) is -0.153. The lowest BCUT2D eigenvalue weighted by Crippen LogP contribution is -2.44. The number of urea groups is 1. The summed E-state index contributed by atoms with van der Waals surface area (Å²) in [5.41, 5.74) is -0.580. The molecule has 4 amide bonds. The van der Waals surface area contributed by atoms with Crippen LogP contribution in [0.2, 0.25) is 0 Å². The molecule has 0 saturated carbocycles. The Labute approximate surface area is 206 Å². The maximum Gasteiger partial charge on any atom is 0.325 e. The van der Waals surface area contributed by atoms with Gasteiger partial charge in [0.25, 0.3) is 5.91 Å². The van der Waals surface area contributed by atoms with E-state index in [0.29, 0.717) is 17.9 Å². The third kappa shape index (κ3) is 4.44. The van der Waals surface area contributed by atoms with Gasteiger partial charge in [0.1, 0.15) is 17.8 Å². The SMILES string of the molecule is Cc1ccc(CN(Cc2ccco2)C(=O)CN2C(=O)N[C@](C)(c3ccc4ccccc4c3)C2=O)s1. The number of hydrogen-bond acceptors (Lipinski definition) is 5. The molecule has 0 spiro atoms. The maximum atomic E-state index is 13.5. The van der Waals surface area contributed by atoms with Crippen molar-refractivity contribution in [3.8, 4) is 0 Å². The number of aryl methyl sites for hydroxylation is 1. The molecule has 0 unspecified atom stereocenters. The number of nitrogens with zero attached hydrogens (tertiary/aromatic N) is 2. The van der Waals surface area contributed by atoms with E-state index in [1.165, 1.54) is 0 Å². The smallest absolute Gasteiger partial charge is 0.325 e. The highest BCUT2D eigenvalue weighted by molar-refractivity contribution is 7.11. The number of furan rings is 1. The Morgan fingerprint density at radius 2 is 1.83 bits per heavy atom. The van der Waals surface area contributed by atoms with Crippen LogP contribution in [0, 0.1) is 6.92 Å². The normalized spacial score (nSPS) is 17.7. The quantitative estimate of drug-likeness (QED) is 0.380. The van der Waals surface area contributed by atoms with Crippen molar-refractivity contribution in [1.82, 2.24) is 15.1 Å². The summed E-state index contributed by atoms with van der Waals surface area (Å²) in [6, 6.07) is 20.5. The Bertz CT molecular complexity index is 1410. The highest BCUT2D eigenvalue weighted by atomic mass is 32.1. The molecule has 1 N–H and O–H groups in total. The van der Waals surface area contributed by atoms with Crippen LogP contribution < -0.4 is 5.32 Å². The Kier molecular flexibility index (Phi) is 5.90. The number of hydrogen-bond donors (Lipinski definition) is 1. The van der Waals surface area contributed by atoms with Gasteiger partial charge in [0, 0.05) is 9.75 Å². The molecule has 7 nitrogen and oxygen atoms in total. The summed E-state index contributed by atoms with van der Waals surface area (Å²) < 4.78 is 5.45. The lowest BCUT2D eigenvalue weighted by atomic mass is 9.90. The summed E-state index contributed by atoms with van der Waals surface area (Å²) in [4.78, 5) is 44.5. The van der Waals surface area contributed by atoms with Gasteiger partial charge in [0.05, 0.1) is 19.4 Å². The largest absolute Gasteiger partial charge is 0.467 e. The van der Waals surface area contributed by atoms with Crippen LogP contribution in [0.4, 0.5) is 4.79 Å². The van der Waals surface area contributed by atoms with Gasteiger partial charge in [-0.25, -0.2) is 4.79 Å². The average molecular weight is 488 g/mol. The number of rotatable bonds is 7. The number of carbonyl (C=O) groups excluding carboxylic acids is 3. The number of imide groups is 1. The van der Waals surface area contributed by atoms with Crippen LogP contribution >= 0.6 is 11.3 Å². The molecule has 0 bridgehead atoms. The summed E-state index contributed by atoms with van der Waals surface area (Å²) in [6.07, 6.45) is 1.56. The number of thiophene rings is 1. The second-order valence-corrected chi connectivity index (χ2v) is 10.2. The van der Waals surface area contributed by atoms with Crippen LogP contribution in [-0.2, 0) is 28.2 Å². The molecule has 5 rings (SSSR count). The lowest BCUT2D eigenvalue weighted by molar-refractivity contribution is -0.139. The van der Waals surface area contributed by atoms with E-state index in [-0.39, 0.29) is 19.0 Å². The van der Waals surface area contributed by atoms with Crippen LogP contribution in [0.3, 0.4) is 0 Å². The van der Waals surface area contributed by atoms with E-state index in [1.54, 1.807) is 41.6 Å². The predicted molar refractivity (Wildman–Crippen MR) is 134 cm³/mol. The monoisotopic (exact) mass is 487 g/mol. The molecule has 35 heavy (non-hydrogen) atoms. The molecule has 178 valence electrons. The summed E-state index contributed by atoms with van der Waals surface area (Å²) in [7, 11) is 0. The molecule has 3 heterocycles. The van der Waals surface area contributed by atoms with Crippen molar-refractivity contribution < 1.29 is 18.8 Å². The highest BCUT2D eigenvalue weighted by Gasteiger charge is 2.49. The van der Waals surface area contributed by atoms with Gasteiger partial charge >= 0.3 is 6.03 Å². The lowest BCUT2D eigenvalue weighted by Gasteiger charge is -2.25. The fourth-order valence-electron chi connectivity index (χ4n) is 4.35. The number of amides is 4. The van der Waals surface area contributed by atoms with Crippen molar-refractivity contribution in [2.24, 2.45) is 0 Å². The van der Waals surface area contributed by atoms with Crippen molar-refractivity contribution in [1.29, 1.82) is 0 Å². The van der Waals surface area contributed by atoms with E-state index in [0.717, 1.165) is 25.4 Å². The van der Waals surface area contributed by atoms with Crippen molar-refractivity contribution in [2.45, 2.75) is 32.5 Å². The van der Waals surface area contributed by atoms with Gasteiger partial charge < -0.3 is 14.6 Å². The first-order chi connectivity index (χ1) is 16.8. The summed E-state index contributed by atoms with van der Waals surface area (Å²) >= 11 is 1.60. The van der Waals surface area contributed by atoms with Crippen LogP contribution in [-0.4, -0.2) is 34.2 Å². The minimum absolute atomic E-state index is 0.244. The molecule has 1 atom stereocenters. The fourth-order valence-corrected chi connectivity index (χ4v) is 5.26. The molecule has 1 aliphatic heterocycles. The van der Waals surface area contributed by atoms with Gasteiger partial charge in [-0.15, -0.1) is 11.3 Å². The van der Waals surface area contributed by atoms with Crippen LogP contribution in [0.1, 0.15) is 28.0 Å². The van der Waals surface area contributed by atoms with Gasteiger partial charge in [-0.05, 0) is 60.5 Å². The zero-order chi connectivity index (χ0) is 24.6. The fraction of sp³-hybridized carbons (Fsp3) is 0.222. The topological polar surface area (TPSA) is 82.9 Å². The van der Waals surface area contributed by atoms with Crippen molar-refractivity contribution in [3.63, 3.8) is 0 Å². The van der Waals surface area contributed by atoms with Gasteiger partial charge in [-0.2, -0.15) is 0 Å². The van der Waals surface area contributed by atoms with Gasteiger partial charge in [-0.3, -0.25) is 14.5 Å². The molecule has 4 aromatic rings. The third-order valence-electron chi connectivity index (χ3n) is 6.32. The number of benzene rings is 2. The molecule has 8 heteroatoms. The van der Waals surface area contributed by atoms with Gasteiger partial charge in [0.15, 0.2) is 0 Å². The second kappa shape index (κ2) is 9.03. The maximum absolute atomic E-state index is 13.5. The molecule has 1 aliphatic rings. The Morgan fingerprint density at radius 3 is 2.54 bits per heavy atom. The van der Waals surface area contributed by atoms with E-state index in [4.69, 9.17) is 4.42 Å². The van der Waals surface area contributed by atoms with E-state index in [1.807, 2.05) is 61.5 Å². The molecule has 0 aliphatic carbocycles. The molecule has 0 radical (unpaired) electrons. The standard InChI is InChI=1S/C27H25N3O4S/c1-18-9-12-23(35-18)16-29(15-22-8-5-13-34-22)24(31)17-30-25(32)27(2,28-26(30)33)21-11-10-19-6-3-4-7-20(19)14-21/h3-14H,15-17H2,1-2H3,(H,28,33)/t27-/m1/s1. The molecule has 2 aromatic carbocycles. The molecule has 2 aromatic heterocycles. The van der Waals surface area contributed by atoms with Crippen molar-refractivity contribution in [3.05, 3.63) is 94.1 Å². The average Bonchev–Trinajstić information content (AvgIpc) is 3.56. The van der Waals surface area contributed by atoms with E-state index >= 15 is 0 Å². The van der Waals surface area contributed by atoms with Crippen molar-refractivity contribution >= 4 is 40.0 Å². The first kappa shape index (κ1) is 22.9. The zero-order valence-corrected chi connectivity index (χ0v) is 20.3. The first-order valence-corrected chi connectivity index (χ1v) is 12.1. The Morgan fingerprint density at radius 1 is 1.03 bits per heavy atom. The van der Waals surface area contributed by atoms with E-state index < -0.39 is 17.5 Å². The molecule has 1 fully saturated rings. The third-order valence-corrected chi connectivity index (χ3v) is 7.30.